The third-order valence-electron chi connectivity index (χ3n) is 2.45. The first-order valence-corrected chi connectivity index (χ1v) is 4.66. The number of ether oxygens (including phenoxy) is 1. The molecule has 0 spiro atoms. The fourth-order valence-corrected chi connectivity index (χ4v) is 1.81. The van der Waals surface area contributed by atoms with Crippen molar-refractivity contribution < 1.29 is 4.74 Å². The van der Waals surface area contributed by atoms with Gasteiger partial charge in [-0.05, 0) is 25.5 Å². The molecule has 1 unspecified atom stereocenters. The van der Waals surface area contributed by atoms with Gasteiger partial charge in [0.2, 0.25) is 0 Å². The highest BCUT2D eigenvalue weighted by Crippen LogP contribution is 2.34. The number of rotatable bonds is 0. The van der Waals surface area contributed by atoms with Crippen LogP contribution in [-0.4, -0.2) is 19.7 Å². The van der Waals surface area contributed by atoms with Gasteiger partial charge in [-0.25, -0.2) is 0 Å². The second-order valence-corrected chi connectivity index (χ2v) is 3.73. The van der Waals surface area contributed by atoms with E-state index in [2.05, 4.69) is 44.0 Å². The summed E-state index contributed by atoms with van der Waals surface area (Å²) in [6.07, 6.45) is 0.290. The van der Waals surface area contributed by atoms with Gasteiger partial charge in [0.15, 0.2) is 0 Å². The number of likely N-dealkylation sites (N-methyl/N-ethyl adjacent to an activating group) is 1. The number of fused-ring (bicyclic) bond motifs is 1. The molecule has 0 radical (unpaired) electrons. The smallest absolute Gasteiger partial charge is 0.145 e. The first kappa shape index (κ1) is 8.42. The fraction of sp³-hybridized carbons (Fsp3) is 0.455. The van der Waals surface area contributed by atoms with E-state index in [0.717, 1.165) is 12.3 Å². The maximum Gasteiger partial charge on any atom is 0.145 e. The monoisotopic (exact) mass is 177 g/mol. The van der Waals surface area contributed by atoms with Gasteiger partial charge in [0.1, 0.15) is 11.9 Å². The van der Waals surface area contributed by atoms with E-state index in [-0.39, 0.29) is 0 Å². The van der Waals surface area contributed by atoms with Crippen molar-refractivity contribution in [1.29, 1.82) is 0 Å². The largest absolute Gasteiger partial charge is 0.486 e. The van der Waals surface area contributed by atoms with E-state index >= 15 is 0 Å². The van der Waals surface area contributed by atoms with Crippen molar-refractivity contribution in [3.8, 4) is 5.75 Å². The van der Waals surface area contributed by atoms with E-state index in [1.807, 2.05) is 0 Å². The molecule has 2 heteroatoms. The highest BCUT2D eigenvalue weighted by Gasteiger charge is 2.20. The Hall–Kier alpha value is -1.18. The highest BCUT2D eigenvalue weighted by molar-refractivity contribution is 5.62. The minimum absolute atomic E-state index is 0.290. The lowest BCUT2D eigenvalue weighted by Gasteiger charge is -2.32. The summed E-state index contributed by atoms with van der Waals surface area (Å²) in [5, 5.41) is 0. The lowest BCUT2D eigenvalue weighted by molar-refractivity contribution is 0.214. The number of nitrogens with zero attached hydrogens (tertiary/aromatic N) is 1. The van der Waals surface area contributed by atoms with Crippen LogP contribution in [0.25, 0.3) is 0 Å². The van der Waals surface area contributed by atoms with E-state index < -0.39 is 0 Å². The number of aryl methyl sites for hydroxylation is 1. The van der Waals surface area contributed by atoms with Crippen molar-refractivity contribution in [2.75, 3.05) is 18.5 Å². The summed E-state index contributed by atoms with van der Waals surface area (Å²) in [7, 11) is 2.11. The summed E-state index contributed by atoms with van der Waals surface area (Å²) in [4.78, 5) is 2.25. The molecule has 2 rings (SSSR count). The first-order valence-electron chi connectivity index (χ1n) is 4.66. The van der Waals surface area contributed by atoms with Crippen LogP contribution in [0.4, 0.5) is 5.69 Å². The van der Waals surface area contributed by atoms with Gasteiger partial charge in [-0.15, -0.1) is 0 Å². The van der Waals surface area contributed by atoms with E-state index in [1.165, 1.54) is 11.3 Å². The Balaban J connectivity index is 2.49. The van der Waals surface area contributed by atoms with E-state index in [4.69, 9.17) is 4.74 Å². The summed E-state index contributed by atoms with van der Waals surface area (Å²) in [6, 6.07) is 6.27. The molecule has 13 heavy (non-hydrogen) atoms. The van der Waals surface area contributed by atoms with Gasteiger partial charge in [0.25, 0.3) is 0 Å². The predicted molar refractivity (Wildman–Crippen MR) is 54.5 cm³/mol. The first-order chi connectivity index (χ1) is 6.18. The molecule has 70 valence electrons. The Kier molecular flexibility index (Phi) is 1.91. The van der Waals surface area contributed by atoms with Crippen molar-refractivity contribution in [2.45, 2.75) is 20.0 Å². The summed E-state index contributed by atoms with van der Waals surface area (Å²) in [6.45, 7) is 5.16. The molecule has 0 saturated heterocycles. The minimum atomic E-state index is 0.290. The Labute approximate surface area is 79.1 Å². The molecule has 0 N–H and O–H groups in total. The molecular formula is C11H15NO. The summed E-state index contributed by atoms with van der Waals surface area (Å²) in [5.74, 6) is 1.05. The lowest BCUT2D eigenvalue weighted by atomic mass is 10.1. The van der Waals surface area contributed by atoms with Gasteiger partial charge >= 0.3 is 0 Å². The zero-order chi connectivity index (χ0) is 9.42. The average molecular weight is 177 g/mol. The standard InChI is InChI=1S/C11H15NO/c1-8-5-4-6-10-11(8)13-9(2)7-12(10)3/h4-6,9H,7H2,1-3H3. The van der Waals surface area contributed by atoms with E-state index in [0.29, 0.717) is 6.10 Å². The quantitative estimate of drug-likeness (QED) is 0.602. The lowest BCUT2D eigenvalue weighted by Crippen LogP contribution is -2.35. The molecule has 1 aromatic carbocycles. The highest BCUT2D eigenvalue weighted by atomic mass is 16.5. The molecule has 0 bridgehead atoms. The normalized spacial score (nSPS) is 20.8. The van der Waals surface area contributed by atoms with Crippen LogP contribution >= 0.6 is 0 Å². The molecule has 1 aliphatic rings. The number of hydrogen-bond donors (Lipinski definition) is 0. The fourth-order valence-electron chi connectivity index (χ4n) is 1.81. The number of anilines is 1. The average Bonchev–Trinajstić information content (AvgIpc) is 2.07. The molecule has 0 fully saturated rings. The van der Waals surface area contributed by atoms with Gasteiger partial charge in [-0.3, -0.25) is 0 Å². The molecule has 1 atom stereocenters. The van der Waals surface area contributed by atoms with Crippen LogP contribution in [0.5, 0.6) is 5.75 Å². The van der Waals surface area contributed by atoms with Crippen LogP contribution < -0.4 is 9.64 Å². The van der Waals surface area contributed by atoms with Crippen molar-refractivity contribution >= 4 is 5.69 Å². The van der Waals surface area contributed by atoms with E-state index in [9.17, 15) is 0 Å². The zero-order valence-corrected chi connectivity index (χ0v) is 8.37. The molecule has 1 heterocycles. The third kappa shape index (κ3) is 1.37. The van der Waals surface area contributed by atoms with Gasteiger partial charge in [0, 0.05) is 7.05 Å². The van der Waals surface area contributed by atoms with Crippen LogP contribution in [0.1, 0.15) is 12.5 Å². The van der Waals surface area contributed by atoms with Crippen molar-refractivity contribution in [3.63, 3.8) is 0 Å². The Morgan fingerprint density at radius 1 is 1.46 bits per heavy atom. The van der Waals surface area contributed by atoms with Gasteiger partial charge in [-0.1, -0.05) is 12.1 Å². The molecule has 2 nitrogen and oxygen atoms in total. The Bertz CT molecular complexity index is 322. The Morgan fingerprint density at radius 2 is 2.23 bits per heavy atom. The molecule has 0 aliphatic carbocycles. The summed E-state index contributed by atoms with van der Waals surface area (Å²) < 4.78 is 5.79. The SMILES string of the molecule is Cc1cccc2c1OC(C)CN2C. The van der Waals surface area contributed by atoms with Gasteiger partial charge in [-0.2, -0.15) is 0 Å². The maximum atomic E-state index is 5.79. The summed E-state index contributed by atoms with van der Waals surface area (Å²) in [5.41, 5.74) is 2.43. The molecule has 0 aromatic heterocycles. The predicted octanol–water partition coefficient (Wildman–Crippen LogP) is 2.21. The minimum Gasteiger partial charge on any atom is -0.486 e. The van der Waals surface area contributed by atoms with Gasteiger partial charge in [0.05, 0.1) is 12.2 Å². The number of hydrogen-bond acceptors (Lipinski definition) is 2. The van der Waals surface area contributed by atoms with Crippen LogP contribution in [-0.2, 0) is 0 Å². The van der Waals surface area contributed by atoms with Crippen LogP contribution in [0, 0.1) is 6.92 Å². The number of benzene rings is 1. The number of para-hydroxylation sites is 1. The van der Waals surface area contributed by atoms with Crippen LogP contribution in [0.15, 0.2) is 18.2 Å². The van der Waals surface area contributed by atoms with Crippen LogP contribution in [0.2, 0.25) is 0 Å². The molecule has 1 aromatic rings. The maximum absolute atomic E-state index is 5.79. The Morgan fingerprint density at radius 3 is 3.00 bits per heavy atom. The van der Waals surface area contributed by atoms with Crippen molar-refractivity contribution in [3.05, 3.63) is 23.8 Å². The van der Waals surface area contributed by atoms with Crippen molar-refractivity contribution in [1.82, 2.24) is 0 Å². The van der Waals surface area contributed by atoms with Gasteiger partial charge < -0.3 is 9.64 Å². The molecular weight excluding hydrogens is 162 g/mol. The summed E-state index contributed by atoms with van der Waals surface area (Å²) >= 11 is 0. The van der Waals surface area contributed by atoms with E-state index in [1.54, 1.807) is 0 Å². The zero-order valence-electron chi connectivity index (χ0n) is 8.37. The second kappa shape index (κ2) is 2.95. The van der Waals surface area contributed by atoms with Crippen molar-refractivity contribution in [2.24, 2.45) is 0 Å². The van der Waals surface area contributed by atoms with Crippen LogP contribution in [0.3, 0.4) is 0 Å². The molecule has 0 amide bonds. The molecule has 1 aliphatic heterocycles. The molecule has 0 saturated carbocycles. The topological polar surface area (TPSA) is 12.5 Å². The third-order valence-corrected chi connectivity index (χ3v) is 2.45. The second-order valence-electron chi connectivity index (χ2n) is 3.73.